The Morgan fingerprint density at radius 1 is 0.220 bits per heavy atom. The summed E-state index contributed by atoms with van der Waals surface area (Å²) in [5.74, 6) is 0. The number of para-hydroxylation sites is 2. The molecule has 15 aromatic rings. The van der Waals surface area contributed by atoms with Gasteiger partial charge in [0.15, 0.2) is 0 Å². The minimum Gasteiger partial charge on any atom is -0.311 e. The van der Waals surface area contributed by atoms with E-state index in [0.29, 0.717) is 6.42 Å². The molecule has 0 aromatic heterocycles. The minimum atomic E-state index is -0.355. The number of benzene rings is 15. The maximum absolute atomic E-state index is 2.69. The number of anilines is 18. The van der Waals surface area contributed by atoms with Gasteiger partial charge in [-0.2, -0.15) is 0 Å². The van der Waals surface area contributed by atoms with E-state index in [1.54, 1.807) is 0 Å². The molecule has 0 radical (unpaired) electrons. The third kappa shape index (κ3) is 13.3. The molecule has 6 heterocycles. The van der Waals surface area contributed by atoms with E-state index in [0.717, 1.165) is 35.6 Å². The molecule has 6 aliphatic rings. The second kappa shape index (κ2) is 29.7. The molecule has 0 atom stereocenters. The van der Waals surface area contributed by atoms with Crippen LogP contribution in [0.3, 0.4) is 0 Å². The molecule has 0 amide bonds. The average molecular weight is 1650 g/mol. The quantitative estimate of drug-likeness (QED) is 0.106. The van der Waals surface area contributed by atoms with Crippen molar-refractivity contribution in [1.29, 1.82) is 0 Å². The van der Waals surface area contributed by atoms with Crippen LogP contribution < -0.4 is 78.6 Å². The Labute approximate surface area is 755 Å². The first-order valence-corrected chi connectivity index (χ1v) is 46.2. The topological polar surface area (TPSA) is 19.4 Å². The molecule has 0 saturated heterocycles. The van der Waals surface area contributed by atoms with Crippen molar-refractivity contribution in [3.63, 3.8) is 0 Å². The van der Waals surface area contributed by atoms with Gasteiger partial charge in [0.1, 0.15) is 0 Å². The van der Waals surface area contributed by atoms with E-state index in [-0.39, 0.29) is 47.2 Å². The normalized spacial score (nSPS) is 14.1. The number of hydrogen-bond donors (Lipinski definition) is 0. The van der Waals surface area contributed by atoms with Crippen molar-refractivity contribution in [3.8, 4) is 0 Å². The van der Waals surface area contributed by atoms with Crippen LogP contribution in [0, 0.1) is 48.5 Å². The second-order valence-corrected chi connectivity index (χ2v) is 42.1. The minimum absolute atomic E-state index is 0.0154. The highest BCUT2D eigenvalue weighted by Gasteiger charge is 2.52. The lowest BCUT2D eigenvalue weighted by Gasteiger charge is -2.48. The molecule has 0 bridgehead atoms. The fourth-order valence-corrected chi connectivity index (χ4v) is 22.2. The van der Waals surface area contributed by atoms with E-state index in [2.05, 4.69) is 465 Å². The SMILES string of the molecule is Cc1ccc(N2c3ccc(C)cc3B3c4cc(C)ccc4N(c4ccc(C)cc4)c4c(Cc5ccc6c(c5)B5c7ccccc7N(c7ccccc7)c7ccc(C(C)(C)CCC(C)(C)c8ccc9c(c8)B8c%10cc(C)ccc%10N(c%10ccc(C)cc%10)c%10c(C(C)(C)C)cc(C(C)(C)C)c(c%108)N9c8ccc(C(C)(C)C)cc8)c(c75)N6c5ccc(C)cc5)ccc2c43)cc1. The van der Waals surface area contributed by atoms with Crippen LogP contribution in [-0.2, 0) is 33.5 Å². The fourth-order valence-electron chi connectivity index (χ4n) is 22.2. The van der Waals surface area contributed by atoms with E-state index in [1.165, 1.54) is 207 Å². The van der Waals surface area contributed by atoms with Crippen LogP contribution in [-0.4, -0.2) is 20.1 Å². The molecule has 0 fully saturated rings. The first-order chi connectivity index (χ1) is 60.8. The van der Waals surface area contributed by atoms with Crippen molar-refractivity contribution < 1.29 is 0 Å². The molecule has 0 unspecified atom stereocenters. The summed E-state index contributed by atoms with van der Waals surface area (Å²) < 4.78 is 0. The average Bonchev–Trinajstić information content (AvgIpc) is 0.692. The van der Waals surface area contributed by atoms with Crippen LogP contribution in [0.4, 0.5) is 102 Å². The summed E-state index contributed by atoms with van der Waals surface area (Å²) in [6.45, 7) is 47.2. The zero-order chi connectivity index (χ0) is 88.1. The van der Waals surface area contributed by atoms with Gasteiger partial charge in [-0.25, -0.2) is 0 Å². The molecular formula is C118H115B3N6. The second-order valence-electron chi connectivity index (χ2n) is 42.1. The van der Waals surface area contributed by atoms with Gasteiger partial charge >= 0.3 is 0 Å². The number of hydrogen-bond acceptors (Lipinski definition) is 6. The van der Waals surface area contributed by atoms with E-state index in [4.69, 9.17) is 0 Å². The van der Waals surface area contributed by atoms with Crippen LogP contribution in [0.1, 0.15) is 181 Å². The highest BCUT2D eigenvalue weighted by Crippen LogP contribution is 2.56. The van der Waals surface area contributed by atoms with Crippen LogP contribution in [0.25, 0.3) is 0 Å². The van der Waals surface area contributed by atoms with Gasteiger partial charge in [-0.15, -0.1) is 0 Å². The predicted octanol–water partition coefficient (Wildman–Crippen LogP) is 25.6. The van der Waals surface area contributed by atoms with Crippen LogP contribution >= 0.6 is 0 Å². The molecule has 9 heteroatoms. The number of aryl methyl sites for hydroxylation is 7. The zero-order valence-electron chi connectivity index (χ0n) is 77.8. The smallest absolute Gasteiger partial charge is 0.252 e. The van der Waals surface area contributed by atoms with Gasteiger partial charge in [-0.1, -0.05) is 305 Å². The third-order valence-electron chi connectivity index (χ3n) is 29.0. The van der Waals surface area contributed by atoms with Crippen molar-refractivity contribution >= 4 is 172 Å². The van der Waals surface area contributed by atoms with Crippen molar-refractivity contribution in [1.82, 2.24) is 0 Å². The van der Waals surface area contributed by atoms with Crippen LogP contribution in [0.5, 0.6) is 0 Å². The molecule has 0 spiro atoms. The molecule has 127 heavy (non-hydrogen) atoms. The van der Waals surface area contributed by atoms with E-state index >= 15 is 0 Å². The van der Waals surface area contributed by atoms with E-state index in [9.17, 15) is 0 Å². The van der Waals surface area contributed by atoms with Gasteiger partial charge < -0.3 is 29.4 Å². The Kier molecular flexibility index (Phi) is 19.0. The summed E-state index contributed by atoms with van der Waals surface area (Å²) in [5.41, 5.74) is 50.9. The van der Waals surface area contributed by atoms with Crippen molar-refractivity contribution in [2.75, 3.05) is 29.4 Å². The van der Waals surface area contributed by atoms with Gasteiger partial charge in [0.05, 0.1) is 0 Å². The van der Waals surface area contributed by atoms with Crippen LogP contribution in [0.15, 0.2) is 297 Å². The lowest BCUT2D eigenvalue weighted by atomic mass is 9.32. The number of fused-ring (bicyclic) bond motifs is 12. The summed E-state index contributed by atoms with van der Waals surface area (Å²) in [7, 11) is 0. The third-order valence-corrected chi connectivity index (χ3v) is 29.0. The lowest BCUT2D eigenvalue weighted by molar-refractivity contribution is 0.375. The molecule has 6 aliphatic heterocycles. The summed E-state index contributed by atoms with van der Waals surface area (Å²) in [4.78, 5) is 15.8. The Morgan fingerprint density at radius 2 is 0.551 bits per heavy atom. The highest BCUT2D eigenvalue weighted by molar-refractivity contribution is 7.02. The summed E-state index contributed by atoms with van der Waals surface area (Å²) >= 11 is 0. The molecular weight excluding hydrogens is 1530 g/mol. The van der Waals surface area contributed by atoms with Crippen molar-refractivity contribution in [2.45, 2.75) is 185 Å². The maximum atomic E-state index is 2.69. The van der Waals surface area contributed by atoms with Crippen molar-refractivity contribution in [2.24, 2.45) is 0 Å². The Hall–Kier alpha value is -12.7. The molecule has 15 aromatic carbocycles. The Morgan fingerprint density at radius 3 is 1.03 bits per heavy atom. The Bertz CT molecular complexity index is 6950. The predicted molar refractivity (Wildman–Crippen MR) is 549 cm³/mol. The van der Waals surface area contributed by atoms with Gasteiger partial charge in [0, 0.05) is 102 Å². The molecule has 0 N–H and O–H groups in total. The largest absolute Gasteiger partial charge is 0.311 e. The fraction of sp³-hybridized carbons (Fsp3) is 0.237. The van der Waals surface area contributed by atoms with Gasteiger partial charge in [0.2, 0.25) is 0 Å². The molecule has 21 rings (SSSR count). The standard InChI is InChI=1S/C118H115B3N6/c1-73-30-46-85(47-31-73)123-100-57-38-77(5)66-94(100)120-95-67-78(6)39-58-101(95)124(86-48-32-74(2)33-49-86)110-81(42-61-105(123)107(110)120)69-80-41-60-103-97(70-80)119-93-28-24-25-29-99(93)122(84-26-22-21-23-27-84)106-63-56-90(111(108(106)119)125(103)87-50-34-75(3)35-51-87)118(19,20)65-64-117(17,18)83-45-62-104-98(71-83)121-96-68-79(7)40-59-102(96)126(88-52-36-76(4)37-53-88)112-91(115(11,12)13)72-92(116(14,15)16)113(109(112)121)127(104)89-54-43-82(44-55-89)114(8,9)10/h21-63,66-68,70-72H,64-65,69H2,1-20H3. The summed E-state index contributed by atoms with van der Waals surface area (Å²) in [5, 5.41) is 0. The first kappa shape index (κ1) is 81.3. The first-order valence-electron chi connectivity index (χ1n) is 46.2. The van der Waals surface area contributed by atoms with Crippen LogP contribution in [0.2, 0.25) is 0 Å². The van der Waals surface area contributed by atoms with Gasteiger partial charge in [0.25, 0.3) is 20.1 Å². The number of nitrogens with zero attached hydrogens (tertiary/aromatic N) is 6. The summed E-state index contributed by atoms with van der Waals surface area (Å²) in [6, 6.07) is 117. The molecule has 6 nitrogen and oxygen atoms in total. The summed E-state index contributed by atoms with van der Waals surface area (Å²) in [6.07, 6.45) is 2.55. The van der Waals surface area contributed by atoms with E-state index < -0.39 is 0 Å². The Balaban J connectivity index is 0.725. The van der Waals surface area contributed by atoms with E-state index in [1.807, 2.05) is 0 Å². The van der Waals surface area contributed by atoms with Gasteiger partial charge in [-0.05, 0) is 304 Å². The highest BCUT2D eigenvalue weighted by atomic mass is 15.2. The monoisotopic (exact) mass is 1650 g/mol. The molecule has 0 saturated carbocycles. The maximum Gasteiger partial charge on any atom is 0.252 e. The lowest BCUT2D eigenvalue weighted by Crippen LogP contribution is -2.62. The zero-order valence-corrected chi connectivity index (χ0v) is 77.8. The number of rotatable bonds is 13. The molecule has 626 valence electrons. The van der Waals surface area contributed by atoms with Gasteiger partial charge in [-0.3, -0.25) is 0 Å². The van der Waals surface area contributed by atoms with Crippen molar-refractivity contribution in [3.05, 3.63) is 375 Å². The molecule has 0 aliphatic carbocycles.